The van der Waals surface area contributed by atoms with E-state index in [0.717, 1.165) is 29.4 Å². The second-order valence-corrected chi connectivity index (χ2v) is 5.41. The Hall–Kier alpha value is -0.870. The molecule has 0 bridgehead atoms. The summed E-state index contributed by atoms with van der Waals surface area (Å²) in [6, 6.07) is 4.70. The van der Waals surface area contributed by atoms with E-state index >= 15 is 0 Å². The molecule has 1 aromatic heterocycles. The fourth-order valence-corrected chi connectivity index (χ4v) is 2.83. The van der Waals surface area contributed by atoms with Crippen molar-refractivity contribution >= 4 is 27.5 Å². The van der Waals surface area contributed by atoms with Crippen LogP contribution >= 0.6 is 27.5 Å². The summed E-state index contributed by atoms with van der Waals surface area (Å²) in [7, 11) is 0. The van der Waals surface area contributed by atoms with Crippen molar-refractivity contribution < 1.29 is 4.39 Å². The van der Waals surface area contributed by atoms with Crippen molar-refractivity contribution in [3.8, 4) is 5.69 Å². The van der Waals surface area contributed by atoms with Crippen LogP contribution in [0.3, 0.4) is 0 Å². The van der Waals surface area contributed by atoms with E-state index in [1.807, 2.05) is 0 Å². The molecule has 18 heavy (non-hydrogen) atoms. The zero-order valence-electron chi connectivity index (χ0n) is 9.54. The third kappa shape index (κ3) is 1.97. The zero-order valence-corrected chi connectivity index (χ0v) is 11.9. The minimum atomic E-state index is -0.339. The highest BCUT2D eigenvalue weighted by molar-refractivity contribution is 9.08. The summed E-state index contributed by atoms with van der Waals surface area (Å²) in [5.41, 5.74) is 2.55. The standard InChI is InChI=1S/C13H11BrClFN2/c14-6-9-7-17-18(12(9)8-4-5-8)13-10(15)2-1-3-11(13)16/h1-3,7-8H,4-6H2. The summed E-state index contributed by atoms with van der Waals surface area (Å²) in [4.78, 5) is 0. The first kappa shape index (κ1) is 12.2. The van der Waals surface area contributed by atoms with Gasteiger partial charge in [0.15, 0.2) is 0 Å². The molecule has 1 heterocycles. The molecule has 0 N–H and O–H groups in total. The van der Waals surface area contributed by atoms with Gasteiger partial charge >= 0.3 is 0 Å². The van der Waals surface area contributed by atoms with E-state index in [1.165, 1.54) is 6.07 Å². The van der Waals surface area contributed by atoms with Gasteiger partial charge in [-0.2, -0.15) is 5.10 Å². The Morgan fingerprint density at radius 3 is 2.83 bits per heavy atom. The molecule has 1 fully saturated rings. The summed E-state index contributed by atoms with van der Waals surface area (Å²) in [6.07, 6.45) is 4.06. The van der Waals surface area contributed by atoms with Crippen LogP contribution in [0.4, 0.5) is 4.39 Å². The summed E-state index contributed by atoms with van der Waals surface area (Å²) >= 11 is 9.55. The average molecular weight is 330 g/mol. The van der Waals surface area contributed by atoms with E-state index in [9.17, 15) is 4.39 Å². The van der Waals surface area contributed by atoms with Crippen molar-refractivity contribution in [2.45, 2.75) is 24.1 Å². The van der Waals surface area contributed by atoms with Gasteiger partial charge in [0.25, 0.3) is 0 Å². The zero-order chi connectivity index (χ0) is 12.7. The summed E-state index contributed by atoms with van der Waals surface area (Å²) in [5.74, 6) is 0.143. The van der Waals surface area contributed by atoms with Gasteiger partial charge in [0, 0.05) is 16.8 Å². The van der Waals surface area contributed by atoms with Crippen LogP contribution in [0, 0.1) is 5.82 Å². The lowest BCUT2D eigenvalue weighted by Crippen LogP contribution is -2.05. The van der Waals surface area contributed by atoms with E-state index in [4.69, 9.17) is 11.6 Å². The van der Waals surface area contributed by atoms with Gasteiger partial charge in [0.1, 0.15) is 11.5 Å². The van der Waals surface area contributed by atoms with Crippen LogP contribution < -0.4 is 0 Å². The van der Waals surface area contributed by atoms with Gasteiger partial charge < -0.3 is 0 Å². The first-order chi connectivity index (χ1) is 8.72. The highest BCUT2D eigenvalue weighted by Gasteiger charge is 2.31. The number of halogens is 3. The molecule has 0 radical (unpaired) electrons. The second-order valence-electron chi connectivity index (χ2n) is 4.45. The summed E-state index contributed by atoms with van der Waals surface area (Å²) in [5, 5.41) is 5.42. The van der Waals surface area contributed by atoms with Crippen LogP contribution in [0.2, 0.25) is 5.02 Å². The molecule has 94 valence electrons. The number of aromatic nitrogens is 2. The molecule has 2 aromatic rings. The largest absolute Gasteiger partial charge is 0.233 e. The topological polar surface area (TPSA) is 17.8 Å². The number of alkyl halides is 1. The molecule has 0 unspecified atom stereocenters. The Labute approximate surface area is 118 Å². The van der Waals surface area contributed by atoms with Gasteiger partial charge in [-0.15, -0.1) is 0 Å². The number of para-hydroxylation sites is 1. The molecule has 1 saturated carbocycles. The minimum Gasteiger partial charge on any atom is -0.233 e. The lowest BCUT2D eigenvalue weighted by Gasteiger charge is -2.10. The minimum absolute atomic E-state index is 0.339. The van der Waals surface area contributed by atoms with E-state index in [0.29, 0.717) is 16.6 Å². The van der Waals surface area contributed by atoms with E-state index in [-0.39, 0.29) is 5.82 Å². The van der Waals surface area contributed by atoms with Crippen LogP contribution in [-0.4, -0.2) is 9.78 Å². The maximum atomic E-state index is 14.0. The van der Waals surface area contributed by atoms with E-state index in [1.54, 1.807) is 23.0 Å². The number of hydrogen-bond acceptors (Lipinski definition) is 1. The maximum absolute atomic E-state index is 14.0. The van der Waals surface area contributed by atoms with E-state index < -0.39 is 0 Å². The van der Waals surface area contributed by atoms with Gasteiger partial charge in [0.2, 0.25) is 0 Å². The molecule has 5 heteroatoms. The molecule has 0 spiro atoms. The van der Waals surface area contributed by atoms with Gasteiger partial charge in [-0.1, -0.05) is 33.6 Å². The lowest BCUT2D eigenvalue weighted by atomic mass is 10.2. The second kappa shape index (κ2) is 4.67. The van der Waals surface area contributed by atoms with Crippen molar-refractivity contribution in [1.29, 1.82) is 0 Å². The van der Waals surface area contributed by atoms with Gasteiger partial charge in [-0.05, 0) is 25.0 Å². The fraction of sp³-hybridized carbons (Fsp3) is 0.308. The van der Waals surface area contributed by atoms with Crippen molar-refractivity contribution in [2.75, 3.05) is 0 Å². The molecule has 1 aromatic carbocycles. The predicted molar refractivity (Wildman–Crippen MR) is 73.1 cm³/mol. The monoisotopic (exact) mass is 328 g/mol. The van der Waals surface area contributed by atoms with Crippen LogP contribution in [0.25, 0.3) is 5.69 Å². The molecule has 0 amide bonds. The van der Waals surface area contributed by atoms with Crippen LogP contribution in [-0.2, 0) is 5.33 Å². The molecule has 1 aliphatic rings. The van der Waals surface area contributed by atoms with Crippen molar-refractivity contribution in [3.05, 3.63) is 46.5 Å². The van der Waals surface area contributed by atoms with E-state index in [2.05, 4.69) is 21.0 Å². The fourth-order valence-electron chi connectivity index (χ4n) is 2.16. The van der Waals surface area contributed by atoms with Gasteiger partial charge in [-0.3, -0.25) is 0 Å². The summed E-state index contributed by atoms with van der Waals surface area (Å²) < 4.78 is 15.6. The third-order valence-electron chi connectivity index (χ3n) is 3.14. The number of benzene rings is 1. The smallest absolute Gasteiger partial charge is 0.150 e. The van der Waals surface area contributed by atoms with Gasteiger partial charge in [-0.25, -0.2) is 9.07 Å². The molecule has 2 nitrogen and oxygen atoms in total. The van der Waals surface area contributed by atoms with Gasteiger partial charge in [0.05, 0.1) is 16.9 Å². The molecular formula is C13H11BrClFN2. The summed E-state index contributed by atoms with van der Waals surface area (Å²) in [6.45, 7) is 0. The SMILES string of the molecule is Fc1cccc(Cl)c1-n1ncc(CBr)c1C1CC1. The molecule has 0 aliphatic heterocycles. The maximum Gasteiger partial charge on any atom is 0.150 e. The normalized spacial score (nSPS) is 15.1. The molecule has 1 aliphatic carbocycles. The Morgan fingerprint density at radius 2 is 2.22 bits per heavy atom. The molecular weight excluding hydrogens is 319 g/mol. The van der Waals surface area contributed by atoms with Crippen LogP contribution in [0.1, 0.15) is 30.0 Å². The number of rotatable bonds is 3. The number of nitrogens with zero attached hydrogens (tertiary/aromatic N) is 2. The Balaban J connectivity index is 2.20. The van der Waals surface area contributed by atoms with Crippen molar-refractivity contribution in [2.24, 2.45) is 0 Å². The Morgan fingerprint density at radius 1 is 1.44 bits per heavy atom. The molecule has 3 rings (SSSR count). The third-order valence-corrected chi connectivity index (χ3v) is 4.05. The van der Waals surface area contributed by atoms with Crippen LogP contribution in [0.5, 0.6) is 0 Å². The quantitative estimate of drug-likeness (QED) is 0.761. The molecule has 0 atom stereocenters. The lowest BCUT2D eigenvalue weighted by molar-refractivity contribution is 0.606. The van der Waals surface area contributed by atoms with Crippen LogP contribution in [0.15, 0.2) is 24.4 Å². The first-order valence-corrected chi connectivity index (χ1v) is 7.29. The predicted octanol–water partition coefficient (Wildman–Crippen LogP) is 4.44. The first-order valence-electron chi connectivity index (χ1n) is 5.79. The average Bonchev–Trinajstić information content (AvgIpc) is 3.10. The Kier molecular flexibility index (Phi) is 3.16. The van der Waals surface area contributed by atoms with Crippen molar-refractivity contribution in [1.82, 2.24) is 9.78 Å². The number of hydrogen-bond donors (Lipinski definition) is 0. The highest BCUT2D eigenvalue weighted by Crippen LogP contribution is 2.43. The van der Waals surface area contributed by atoms with Crippen molar-refractivity contribution in [3.63, 3.8) is 0 Å². The Bertz CT molecular complexity index is 572. The molecule has 0 saturated heterocycles. The highest BCUT2D eigenvalue weighted by atomic mass is 79.9.